The first-order valence-electron chi connectivity index (χ1n) is 11.1. The van der Waals surface area contributed by atoms with Gasteiger partial charge in [-0.3, -0.25) is 0 Å². The summed E-state index contributed by atoms with van der Waals surface area (Å²) in [5, 5.41) is 7.33. The highest BCUT2D eigenvalue weighted by Gasteiger charge is 2.27. The Bertz CT molecular complexity index is 1060. The summed E-state index contributed by atoms with van der Waals surface area (Å²) >= 11 is 0. The maximum Gasteiger partial charge on any atom is 0.322 e. The maximum atomic E-state index is 13.2. The summed E-state index contributed by atoms with van der Waals surface area (Å²) in [6, 6.07) is 26.1. The molecule has 0 unspecified atom stereocenters. The highest BCUT2D eigenvalue weighted by Crippen LogP contribution is 2.20. The van der Waals surface area contributed by atoms with Crippen LogP contribution in [0.15, 0.2) is 84.0 Å². The highest BCUT2D eigenvalue weighted by molar-refractivity contribution is 6.01. The number of benzene rings is 3. The Morgan fingerprint density at radius 3 is 2.41 bits per heavy atom. The molecule has 32 heavy (non-hydrogen) atoms. The minimum Gasteiger partial charge on any atom is -0.390 e. The summed E-state index contributed by atoms with van der Waals surface area (Å²) in [7, 11) is 0. The zero-order valence-corrected chi connectivity index (χ0v) is 18.6. The van der Waals surface area contributed by atoms with Crippen LogP contribution in [0.2, 0.25) is 0 Å². The predicted molar refractivity (Wildman–Crippen MR) is 129 cm³/mol. The van der Waals surface area contributed by atoms with Crippen molar-refractivity contribution in [3.8, 4) is 0 Å². The van der Waals surface area contributed by atoms with E-state index in [9.17, 15) is 4.79 Å². The van der Waals surface area contributed by atoms with E-state index < -0.39 is 0 Å². The SMILES string of the molecule is CCc1ccc(NC(=O)N(Cc2ccccc2)C[C@@H]2CC(c3ccc(C)cc3)=NO2)cc1. The number of nitrogens with one attached hydrogen (secondary N) is 1. The summed E-state index contributed by atoms with van der Waals surface area (Å²) in [6.07, 6.45) is 1.46. The molecule has 0 saturated heterocycles. The lowest BCUT2D eigenvalue weighted by Crippen LogP contribution is -2.40. The number of aryl methyl sites for hydroxylation is 2. The van der Waals surface area contributed by atoms with Crippen molar-refractivity contribution in [1.29, 1.82) is 0 Å². The quantitative estimate of drug-likeness (QED) is 0.519. The predicted octanol–water partition coefficient (Wildman–Crippen LogP) is 5.78. The molecule has 1 N–H and O–H groups in total. The molecule has 1 atom stereocenters. The van der Waals surface area contributed by atoms with E-state index in [0.717, 1.165) is 28.9 Å². The Morgan fingerprint density at radius 2 is 1.72 bits per heavy atom. The molecule has 2 amide bonds. The molecule has 5 heteroatoms. The summed E-state index contributed by atoms with van der Waals surface area (Å²) < 4.78 is 0. The van der Waals surface area contributed by atoms with Gasteiger partial charge >= 0.3 is 6.03 Å². The third kappa shape index (κ3) is 5.55. The number of hydrogen-bond acceptors (Lipinski definition) is 3. The van der Waals surface area contributed by atoms with Crippen molar-refractivity contribution < 1.29 is 9.63 Å². The van der Waals surface area contributed by atoms with Gasteiger partial charge in [0.05, 0.1) is 12.3 Å². The molecule has 1 aliphatic rings. The van der Waals surface area contributed by atoms with Crippen molar-refractivity contribution in [1.82, 2.24) is 4.90 Å². The largest absolute Gasteiger partial charge is 0.390 e. The number of carbonyl (C=O) groups excluding carboxylic acids is 1. The molecule has 4 rings (SSSR count). The van der Waals surface area contributed by atoms with E-state index >= 15 is 0 Å². The first-order valence-corrected chi connectivity index (χ1v) is 11.1. The summed E-state index contributed by atoms with van der Waals surface area (Å²) in [4.78, 5) is 20.7. The smallest absolute Gasteiger partial charge is 0.322 e. The zero-order chi connectivity index (χ0) is 22.3. The maximum absolute atomic E-state index is 13.2. The fourth-order valence-corrected chi connectivity index (χ4v) is 3.74. The topological polar surface area (TPSA) is 53.9 Å². The molecule has 1 aliphatic heterocycles. The minimum absolute atomic E-state index is 0.148. The third-order valence-electron chi connectivity index (χ3n) is 5.66. The van der Waals surface area contributed by atoms with Gasteiger partial charge in [-0.15, -0.1) is 0 Å². The van der Waals surface area contributed by atoms with Crippen molar-refractivity contribution in [3.63, 3.8) is 0 Å². The minimum atomic E-state index is -0.178. The molecule has 0 bridgehead atoms. The summed E-state index contributed by atoms with van der Waals surface area (Å²) in [5.41, 5.74) is 6.29. The Morgan fingerprint density at radius 1 is 1.00 bits per heavy atom. The van der Waals surface area contributed by atoms with Crippen LogP contribution in [0.25, 0.3) is 0 Å². The van der Waals surface area contributed by atoms with Gasteiger partial charge in [-0.25, -0.2) is 4.79 Å². The van der Waals surface area contributed by atoms with Crippen LogP contribution in [0.5, 0.6) is 0 Å². The average Bonchev–Trinajstić information content (AvgIpc) is 3.29. The fraction of sp³-hybridized carbons (Fsp3) is 0.259. The number of urea groups is 1. The van der Waals surface area contributed by atoms with E-state index in [1.165, 1.54) is 11.1 Å². The standard InChI is InChI=1S/C27H29N3O2/c1-3-21-11-15-24(16-12-21)28-27(31)30(18-22-7-5-4-6-8-22)19-25-17-26(29-32-25)23-13-9-20(2)10-14-23/h4-16,25H,3,17-19H2,1-2H3,(H,28,31)/t25-/m0/s1. The second kappa shape index (κ2) is 10.1. The number of oxime groups is 1. The number of amides is 2. The van der Waals surface area contributed by atoms with Crippen LogP contribution in [0.4, 0.5) is 10.5 Å². The lowest BCUT2D eigenvalue weighted by molar-refractivity contribution is 0.0608. The second-order valence-corrected chi connectivity index (χ2v) is 8.18. The summed E-state index contributed by atoms with van der Waals surface area (Å²) in [6.45, 7) is 5.13. The van der Waals surface area contributed by atoms with Gasteiger partial charge in [0.2, 0.25) is 0 Å². The Labute approximate surface area is 189 Å². The first-order chi connectivity index (χ1) is 15.6. The average molecular weight is 428 g/mol. The molecule has 0 saturated carbocycles. The van der Waals surface area contributed by atoms with Crippen molar-refractivity contribution in [2.24, 2.45) is 5.16 Å². The van der Waals surface area contributed by atoms with Crippen LogP contribution < -0.4 is 5.32 Å². The van der Waals surface area contributed by atoms with Crippen LogP contribution >= 0.6 is 0 Å². The van der Waals surface area contributed by atoms with E-state index in [1.807, 2.05) is 54.6 Å². The van der Waals surface area contributed by atoms with Gasteiger partial charge < -0.3 is 15.1 Å². The van der Waals surface area contributed by atoms with E-state index in [1.54, 1.807) is 4.90 Å². The van der Waals surface area contributed by atoms with Crippen molar-refractivity contribution in [2.75, 3.05) is 11.9 Å². The van der Waals surface area contributed by atoms with Crippen LogP contribution in [-0.4, -0.2) is 29.3 Å². The molecule has 0 aliphatic carbocycles. The van der Waals surface area contributed by atoms with Crippen molar-refractivity contribution in [3.05, 3.63) is 101 Å². The van der Waals surface area contributed by atoms with Crippen LogP contribution in [0, 0.1) is 6.92 Å². The van der Waals surface area contributed by atoms with Gasteiger partial charge in [0.25, 0.3) is 0 Å². The van der Waals surface area contributed by atoms with Crippen molar-refractivity contribution >= 4 is 17.4 Å². The molecule has 1 heterocycles. The van der Waals surface area contributed by atoms with Crippen LogP contribution in [0.3, 0.4) is 0 Å². The van der Waals surface area contributed by atoms with Gasteiger partial charge in [-0.05, 0) is 42.2 Å². The highest BCUT2D eigenvalue weighted by atomic mass is 16.6. The molecule has 164 valence electrons. The Balaban J connectivity index is 1.44. The normalized spacial score (nSPS) is 15.1. The van der Waals surface area contributed by atoms with E-state index in [0.29, 0.717) is 19.5 Å². The van der Waals surface area contributed by atoms with E-state index in [-0.39, 0.29) is 12.1 Å². The zero-order valence-electron chi connectivity index (χ0n) is 18.6. The van der Waals surface area contributed by atoms with Gasteiger partial charge in [0.15, 0.2) is 6.10 Å². The van der Waals surface area contributed by atoms with Gasteiger partial charge in [-0.2, -0.15) is 0 Å². The number of nitrogens with zero attached hydrogens (tertiary/aromatic N) is 2. The molecular weight excluding hydrogens is 398 g/mol. The van der Waals surface area contributed by atoms with E-state index in [2.05, 4.69) is 48.6 Å². The molecule has 0 aromatic heterocycles. The van der Waals surface area contributed by atoms with Gasteiger partial charge in [0, 0.05) is 18.7 Å². The van der Waals surface area contributed by atoms with Gasteiger partial charge in [0.1, 0.15) is 0 Å². The second-order valence-electron chi connectivity index (χ2n) is 8.18. The molecule has 5 nitrogen and oxygen atoms in total. The monoisotopic (exact) mass is 427 g/mol. The van der Waals surface area contributed by atoms with Crippen molar-refractivity contribution in [2.45, 2.75) is 39.3 Å². The summed E-state index contributed by atoms with van der Waals surface area (Å²) in [5.74, 6) is 0. The van der Waals surface area contributed by atoms with Crippen LogP contribution in [0.1, 0.15) is 35.6 Å². The fourth-order valence-electron chi connectivity index (χ4n) is 3.74. The van der Waals surface area contributed by atoms with E-state index in [4.69, 9.17) is 4.84 Å². The molecule has 0 spiro atoms. The Hall–Kier alpha value is -3.60. The van der Waals surface area contributed by atoms with Gasteiger partial charge in [-0.1, -0.05) is 84.4 Å². The Kier molecular flexibility index (Phi) is 6.85. The molecule has 0 fully saturated rings. The third-order valence-corrected chi connectivity index (χ3v) is 5.66. The number of hydrogen-bond donors (Lipinski definition) is 1. The lowest BCUT2D eigenvalue weighted by Gasteiger charge is -2.25. The number of rotatable bonds is 7. The first kappa shape index (κ1) is 21.6. The molecule has 3 aromatic rings. The molecular formula is C27H29N3O2. The number of carbonyl (C=O) groups is 1. The lowest BCUT2D eigenvalue weighted by atomic mass is 10.0. The number of anilines is 1. The van der Waals surface area contributed by atoms with Crippen LogP contribution in [-0.2, 0) is 17.8 Å². The molecule has 3 aromatic carbocycles. The molecule has 0 radical (unpaired) electrons.